The minimum atomic E-state index is -1.61. The van der Waals surface area contributed by atoms with Gasteiger partial charge in [0.25, 0.3) is 0 Å². The Labute approximate surface area is 133 Å². The summed E-state index contributed by atoms with van der Waals surface area (Å²) in [5.74, 6) is -0.841. The molecule has 0 aromatic heterocycles. The van der Waals surface area contributed by atoms with Gasteiger partial charge in [-0.3, -0.25) is 0 Å². The monoisotopic (exact) mass is 320 g/mol. The molecule has 0 saturated carbocycles. The molecule has 0 radical (unpaired) electrons. The molecule has 0 aliphatic rings. The summed E-state index contributed by atoms with van der Waals surface area (Å²) in [6.45, 7) is 1.78. The Kier molecular flexibility index (Phi) is 5.55. The van der Waals surface area contributed by atoms with E-state index in [1.807, 2.05) is 18.2 Å². The van der Waals surface area contributed by atoms with Crippen LogP contribution in [0.3, 0.4) is 0 Å². The van der Waals surface area contributed by atoms with Crippen LogP contribution in [-0.2, 0) is 9.53 Å². The molecule has 2 unspecified atom stereocenters. The van der Waals surface area contributed by atoms with Crippen molar-refractivity contribution in [3.63, 3.8) is 0 Å². The highest BCUT2D eigenvalue weighted by atomic mass is 35.5. The summed E-state index contributed by atoms with van der Waals surface area (Å²) in [5, 5.41) is 20.6. The summed E-state index contributed by atoms with van der Waals surface area (Å²) < 4.78 is 4.71. The molecule has 2 aromatic rings. The van der Waals surface area contributed by atoms with Gasteiger partial charge >= 0.3 is 5.97 Å². The zero-order valence-corrected chi connectivity index (χ0v) is 12.8. The number of hydrogen-bond donors (Lipinski definition) is 2. The Morgan fingerprint density at radius 3 is 2.45 bits per heavy atom. The maximum Gasteiger partial charge on any atom is 0.338 e. The van der Waals surface area contributed by atoms with Gasteiger partial charge in [-0.2, -0.15) is 0 Å². The number of carbonyl (C=O) groups excluding carboxylic acids is 1. The second-order valence-electron chi connectivity index (χ2n) is 4.77. The fourth-order valence-electron chi connectivity index (χ4n) is 2.08. The highest BCUT2D eigenvalue weighted by Crippen LogP contribution is 2.26. The Morgan fingerprint density at radius 1 is 1.14 bits per heavy atom. The molecule has 4 nitrogen and oxygen atoms in total. The number of rotatable bonds is 5. The van der Waals surface area contributed by atoms with Gasteiger partial charge in [0.2, 0.25) is 0 Å². The number of hydrogen-bond acceptors (Lipinski definition) is 4. The van der Waals surface area contributed by atoms with Gasteiger partial charge in [-0.1, -0.05) is 41.9 Å². The van der Waals surface area contributed by atoms with Crippen molar-refractivity contribution in [1.29, 1.82) is 0 Å². The quantitative estimate of drug-likeness (QED) is 0.831. The standard InChI is InChI=1S/C17H17ClO4/c1-2-22-17(21)16(20)15(19)13-5-3-4-12(10-13)11-6-8-14(18)9-7-11/h3-10,15-16,19-20H,2H2,1H3. The van der Waals surface area contributed by atoms with E-state index in [0.717, 1.165) is 11.1 Å². The van der Waals surface area contributed by atoms with Crippen molar-refractivity contribution in [2.24, 2.45) is 0 Å². The van der Waals surface area contributed by atoms with E-state index in [-0.39, 0.29) is 6.61 Å². The van der Waals surface area contributed by atoms with Crippen LogP contribution in [0.25, 0.3) is 11.1 Å². The van der Waals surface area contributed by atoms with Crippen LogP contribution in [0.2, 0.25) is 5.02 Å². The van der Waals surface area contributed by atoms with Crippen molar-refractivity contribution in [2.45, 2.75) is 19.1 Å². The van der Waals surface area contributed by atoms with Gasteiger partial charge in [0.15, 0.2) is 6.10 Å². The first-order valence-corrected chi connectivity index (χ1v) is 7.29. The molecular weight excluding hydrogens is 304 g/mol. The lowest BCUT2D eigenvalue weighted by molar-refractivity contribution is -0.159. The van der Waals surface area contributed by atoms with Gasteiger partial charge in [0, 0.05) is 5.02 Å². The highest BCUT2D eigenvalue weighted by molar-refractivity contribution is 6.30. The third-order valence-electron chi connectivity index (χ3n) is 3.23. The van der Waals surface area contributed by atoms with Gasteiger partial charge in [0.1, 0.15) is 6.10 Å². The fourth-order valence-corrected chi connectivity index (χ4v) is 2.21. The summed E-state index contributed by atoms with van der Waals surface area (Å²) in [4.78, 5) is 11.5. The summed E-state index contributed by atoms with van der Waals surface area (Å²) in [6, 6.07) is 14.2. The van der Waals surface area contributed by atoms with Crippen LogP contribution >= 0.6 is 11.6 Å². The lowest BCUT2D eigenvalue weighted by atomic mass is 9.98. The smallest absolute Gasteiger partial charge is 0.338 e. The summed E-state index contributed by atoms with van der Waals surface area (Å²) >= 11 is 5.86. The molecule has 2 aromatic carbocycles. The molecule has 2 atom stereocenters. The second-order valence-corrected chi connectivity index (χ2v) is 5.21. The average Bonchev–Trinajstić information content (AvgIpc) is 2.54. The van der Waals surface area contributed by atoms with Crippen LogP contribution in [0.5, 0.6) is 0 Å². The molecule has 0 spiro atoms. The molecule has 0 heterocycles. The molecular formula is C17H17ClO4. The maximum atomic E-state index is 11.5. The first-order chi connectivity index (χ1) is 10.5. The summed E-state index contributed by atoms with van der Waals surface area (Å²) in [7, 11) is 0. The van der Waals surface area contributed by atoms with Gasteiger partial charge in [-0.25, -0.2) is 4.79 Å². The van der Waals surface area contributed by atoms with E-state index in [1.165, 1.54) is 0 Å². The zero-order valence-electron chi connectivity index (χ0n) is 12.1. The van der Waals surface area contributed by atoms with Gasteiger partial charge in [-0.05, 0) is 41.8 Å². The maximum absolute atomic E-state index is 11.5. The van der Waals surface area contributed by atoms with Crippen molar-refractivity contribution in [3.05, 3.63) is 59.1 Å². The molecule has 0 aliphatic heterocycles. The van der Waals surface area contributed by atoms with E-state index < -0.39 is 18.2 Å². The molecule has 22 heavy (non-hydrogen) atoms. The number of aliphatic hydroxyl groups is 2. The average molecular weight is 321 g/mol. The Morgan fingerprint density at radius 2 is 1.82 bits per heavy atom. The molecule has 0 saturated heterocycles. The van der Waals surface area contributed by atoms with Crippen LogP contribution < -0.4 is 0 Å². The molecule has 0 fully saturated rings. The summed E-state index contributed by atoms with van der Waals surface area (Å²) in [5.41, 5.74) is 2.21. The largest absolute Gasteiger partial charge is 0.464 e. The van der Waals surface area contributed by atoms with Gasteiger partial charge in [-0.15, -0.1) is 0 Å². The first-order valence-electron chi connectivity index (χ1n) is 6.91. The number of benzene rings is 2. The lowest BCUT2D eigenvalue weighted by Gasteiger charge is -2.17. The predicted octanol–water partition coefficient (Wildman–Crippen LogP) is 2.96. The Bertz CT molecular complexity index is 639. The number of aliphatic hydroxyl groups excluding tert-OH is 2. The number of halogens is 1. The first kappa shape index (κ1) is 16.5. The van der Waals surface area contributed by atoms with Crippen molar-refractivity contribution in [1.82, 2.24) is 0 Å². The zero-order chi connectivity index (χ0) is 16.1. The van der Waals surface area contributed by atoms with Crippen LogP contribution in [0.15, 0.2) is 48.5 Å². The molecule has 0 bridgehead atoms. The van der Waals surface area contributed by atoms with Crippen molar-refractivity contribution < 1.29 is 19.7 Å². The van der Waals surface area contributed by atoms with Crippen molar-refractivity contribution >= 4 is 17.6 Å². The molecule has 116 valence electrons. The van der Waals surface area contributed by atoms with Gasteiger partial charge in [0.05, 0.1) is 6.61 Å². The SMILES string of the molecule is CCOC(=O)C(O)C(O)c1cccc(-c2ccc(Cl)cc2)c1. The number of ether oxygens (including phenoxy) is 1. The van der Waals surface area contributed by atoms with E-state index >= 15 is 0 Å². The summed E-state index contributed by atoms with van der Waals surface area (Å²) in [6.07, 6.45) is -2.95. The third-order valence-corrected chi connectivity index (χ3v) is 3.48. The molecule has 2 N–H and O–H groups in total. The minimum Gasteiger partial charge on any atom is -0.464 e. The molecule has 0 aliphatic carbocycles. The van der Waals surface area contributed by atoms with E-state index in [9.17, 15) is 15.0 Å². The van der Waals surface area contributed by atoms with Gasteiger partial charge < -0.3 is 14.9 Å². The normalized spacial score (nSPS) is 13.5. The van der Waals surface area contributed by atoms with Crippen LogP contribution in [0, 0.1) is 0 Å². The highest BCUT2D eigenvalue weighted by Gasteiger charge is 2.27. The number of carbonyl (C=O) groups is 1. The lowest BCUT2D eigenvalue weighted by Crippen LogP contribution is -2.29. The molecule has 2 rings (SSSR count). The third kappa shape index (κ3) is 3.85. The molecule has 0 amide bonds. The second kappa shape index (κ2) is 7.40. The van der Waals surface area contributed by atoms with Crippen LogP contribution in [-0.4, -0.2) is 28.9 Å². The van der Waals surface area contributed by atoms with E-state index in [2.05, 4.69) is 0 Å². The Balaban J connectivity index is 2.24. The molecule has 5 heteroatoms. The van der Waals surface area contributed by atoms with E-state index in [4.69, 9.17) is 16.3 Å². The van der Waals surface area contributed by atoms with E-state index in [0.29, 0.717) is 10.6 Å². The Hall–Kier alpha value is -1.88. The van der Waals surface area contributed by atoms with Crippen LogP contribution in [0.4, 0.5) is 0 Å². The van der Waals surface area contributed by atoms with E-state index in [1.54, 1.807) is 37.3 Å². The predicted molar refractivity (Wildman–Crippen MR) is 84.5 cm³/mol. The minimum absolute atomic E-state index is 0.146. The number of esters is 1. The van der Waals surface area contributed by atoms with Crippen molar-refractivity contribution in [3.8, 4) is 11.1 Å². The van der Waals surface area contributed by atoms with Crippen molar-refractivity contribution in [2.75, 3.05) is 6.61 Å². The van der Waals surface area contributed by atoms with Crippen LogP contribution in [0.1, 0.15) is 18.6 Å². The topological polar surface area (TPSA) is 66.8 Å². The fraction of sp³-hybridized carbons (Fsp3) is 0.235.